The van der Waals surface area contributed by atoms with Crippen LogP contribution in [0.25, 0.3) is 11.0 Å². The van der Waals surface area contributed by atoms with Crippen molar-refractivity contribution in [3.63, 3.8) is 0 Å². The van der Waals surface area contributed by atoms with Crippen LogP contribution in [0.4, 0.5) is 0 Å². The van der Waals surface area contributed by atoms with Gasteiger partial charge in [-0.2, -0.15) is 0 Å². The second-order valence-electron chi connectivity index (χ2n) is 9.00. The standard InChI is InChI=1S/C25H29N5O3/c1-15(2)22(23-27-19-8-5-6-9-20(19)30(23)16(3)4)28-21(31)10-7-13-29-24(32)17-11-12-26-14-18(17)25(29)33/h5-6,8-9,11-12,14-16,22H,7,10,13H2,1-4H3,(H,28,31). The van der Waals surface area contributed by atoms with Gasteiger partial charge in [0.25, 0.3) is 11.8 Å². The van der Waals surface area contributed by atoms with Crippen molar-refractivity contribution in [2.24, 2.45) is 5.92 Å². The summed E-state index contributed by atoms with van der Waals surface area (Å²) in [6, 6.07) is 9.46. The molecule has 0 bridgehead atoms. The van der Waals surface area contributed by atoms with E-state index in [0.29, 0.717) is 17.5 Å². The number of amides is 3. The van der Waals surface area contributed by atoms with E-state index in [2.05, 4.69) is 42.6 Å². The highest BCUT2D eigenvalue weighted by Gasteiger charge is 2.35. The highest BCUT2D eigenvalue weighted by Crippen LogP contribution is 2.29. The smallest absolute Gasteiger partial charge is 0.263 e. The minimum atomic E-state index is -0.353. The van der Waals surface area contributed by atoms with Crippen LogP contribution in [0, 0.1) is 5.92 Å². The Morgan fingerprint density at radius 2 is 1.76 bits per heavy atom. The maximum absolute atomic E-state index is 12.8. The lowest BCUT2D eigenvalue weighted by atomic mass is 10.0. The number of fused-ring (bicyclic) bond motifs is 2. The van der Waals surface area contributed by atoms with Crippen molar-refractivity contribution in [2.45, 2.75) is 52.6 Å². The van der Waals surface area contributed by atoms with Crippen LogP contribution in [0.15, 0.2) is 42.7 Å². The first-order valence-electron chi connectivity index (χ1n) is 11.4. The first-order valence-corrected chi connectivity index (χ1v) is 11.4. The molecule has 3 amide bonds. The maximum atomic E-state index is 12.8. The van der Waals surface area contributed by atoms with E-state index < -0.39 is 0 Å². The summed E-state index contributed by atoms with van der Waals surface area (Å²) in [5, 5.41) is 3.13. The third kappa shape index (κ3) is 4.25. The van der Waals surface area contributed by atoms with Crippen molar-refractivity contribution in [2.75, 3.05) is 6.54 Å². The lowest BCUT2D eigenvalue weighted by Crippen LogP contribution is -2.35. The quantitative estimate of drug-likeness (QED) is 0.528. The number of para-hydroxylation sites is 2. The summed E-state index contributed by atoms with van der Waals surface area (Å²) in [5.41, 5.74) is 2.63. The van der Waals surface area contributed by atoms with Crippen LogP contribution in [-0.4, -0.2) is 43.7 Å². The van der Waals surface area contributed by atoms with Gasteiger partial charge in [0.2, 0.25) is 5.91 Å². The van der Waals surface area contributed by atoms with Gasteiger partial charge in [0.1, 0.15) is 5.82 Å². The van der Waals surface area contributed by atoms with Gasteiger partial charge in [0.15, 0.2) is 0 Å². The van der Waals surface area contributed by atoms with Gasteiger partial charge in [-0.15, -0.1) is 0 Å². The molecule has 0 saturated carbocycles. The number of benzene rings is 1. The van der Waals surface area contributed by atoms with E-state index in [1.54, 1.807) is 6.07 Å². The van der Waals surface area contributed by atoms with Gasteiger partial charge in [0.05, 0.1) is 28.2 Å². The summed E-state index contributed by atoms with van der Waals surface area (Å²) >= 11 is 0. The van der Waals surface area contributed by atoms with Crippen molar-refractivity contribution in [1.29, 1.82) is 0 Å². The van der Waals surface area contributed by atoms with Crippen LogP contribution in [0.3, 0.4) is 0 Å². The molecule has 2 aromatic heterocycles. The van der Waals surface area contributed by atoms with E-state index in [0.717, 1.165) is 16.9 Å². The van der Waals surface area contributed by atoms with Crippen molar-refractivity contribution >= 4 is 28.8 Å². The SMILES string of the molecule is CC(C)C(NC(=O)CCCN1C(=O)c2ccncc2C1=O)c1nc2ccccc2n1C(C)C. The second kappa shape index (κ2) is 9.13. The zero-order valence-corrected chi connectivity index (χ0v) is 19.4. The molecule has 0 fully saturated rings. The van der Waals surface area contributed by atoms with Gasteiger partial charge in [-0.05, 0) is 44.4 Å². The molecule has 8 heteroatoms. The number of rotatable bonds is 8. The van der Waals surface area contributed by atoms with Gasteiger partial charge in [0, 0.05) is 31.4 Å². The molecule has 1 unspecified atom stereocenters. The van der Waals surface area contributed by atoms with Crippen molar-refractivity contribution in [3.8, 4) is 0 Å². The number of hydrogen-bond acceptors (Lipinski definition) is 5. The van der Waals surface area contributed by atoms with Crippen LogP contribution in [0.2, 0.25) is 0 Å². The van der Waals surface area contributed by atoms with Gasteiger partial charge >= 0.3 is 0 Å². The van der Waals surface area contributed by atoms with Crippen molar-refractivity contribution in [3.05, 3.63) is 59.7 Å². The minimum absolute atomic E-state index is 0.130. The molecule has 1 aliphatic heterocycles. The molecule has 3 aromatic rings. The molecular formula is C25H29N5O3. The van der Waals surface area contributed by atoms with E-state index in [9.17, 15) is 14.4 Å². The first kappa shape index (κ1) is 22.6. The summed E-state index contributed by atoms with van der Waals surface area (Å²) < 4.78 is 2.17. The number of nitrogens with zero attached hydrogens (tertiary/aromatic N) is 4. The molecule has 0 radical (unpaired) electrons. The van der Waals surface area contributed by atoms with E-state index in [1.807, 2.05) is 24.3 Å². The Kier molecular flexibility index (Phi) is 6.26. The fraction of sp³-hybridized carbons (Fsp3) is 0.400. The third-order valence-electron chi connectivity index (χ3n) is 5.96. The number of carbonyl (C=O) groups excluding carboxylic acids is 3. The Morgan fingerprint density at radius 1 is 1.03 bits per heavy atom. The largest absolute Gasteiger partial charge is 0.346 e. The average Bonchev–Trinajstić information content (AvgIpc) is 3.28. The van der Waals surface area contributed by atoms with E-state index in [1.165, 1.54) is 17.3 Å². The maximum Gasteiger partial charge on any atom is 0.263 e. The average molecular weight is 448 g/mol. The molecule has 0 spiro atoms. The highest BCUT2D eigenvalue weighted by molar-refractivity contribution is 6.21. The summed E-state index contributed by atoms with van der Waals surface area (Å²) in [6.45, 7) is 8.52. The molecule has 3 heterocycles. The van der Waals surface area contributed by atoms with Crippen LogP contribution in [0.5, 0.6) is 0 Å². The molecule has 1 aromatic carbocycles. The van der Waals surface area contributed by atoms with Crippen molar-refractivity contribution in [1.82, 2.24) is 24.8 Å². The molecular weight excluding hydrogens is 418 g/mol. The molecule has 172 valence electrons. The number of hydrogen-bond donors (Lipinski definition) is 1. The van der Waals surface area contributed by atoms with E-state index in [4.69, 9.17) is 4.98 Å². The number of nitrogens with one attached hydrogen (secondary N) is 1. The lowest BCUT2D eigenvalue weighted by molar-refractivity contribution is -0.122. The van der Waals surface area contributed by atoms with Crippen LogP contribution in [0.1, 0.15) is 79.2 Å². The minimum Gasteiger partial charge on any atom is -0.346 e. The number of carbonyl (C=O) groups is 3. The predicted molar refractivity (Wildman–Crippen MR) is 125 cm³/mol. The predicted octanol–water partition coefficient (Wildman–Crippen LogP) is 3.90. The third-order valence-corrected chi connectivity index (χ3v) is 5.96. The Hall–Kier alpha value is -3.55. The van der Waals surface area contributed by atoms with Crippen LogP contribution in [-0.2, 0) is 4.79 Å². The fourth-order valence-electron chi connectivity index (χ4n) is 4.34. The van der Waals surface area contributed by atoms with E-state index >= 15 is 0 Å². The molecule has 0 saturated heterocycles. The molecule has 8 nitrogen and oxygen atoms in total. The summed E-state index contributed by atoms with van der Waals surface area (Å²) in [5.74, 6) is 0.154. The number of aromatic nitrogens is 3. The summed E-state index contributed by atoms with van der Waals surface area (Å²) in [6.07, 6.45) is 3.50. The Bertz CT molecular complexity index is 1180. The normalized spacial score (nSPS) is 14.4. The summed E-state index contributed by atoms with van der Waals surface area (Å²) in [4.78, 5) is 47.8. The monoisotopic (exact) mass is 447 g/mol. The Balaban J connectivity index is 1.43. The number of pyridine rings is 1. The summed E-state index contributed by atoms with van der Waals surface area (Å²) in [7, 11) is 0. The van der Waals surface area contributed by atoms with Gasteiger partial charge in [-0.25, -0.2) is 4.98 Å². The van der Waals surface area contributed by atoms with Gasteiger partial charge in [-0.3, -0.25) is 24.3 Å². The van der Waals surface area contributed by atoms with Crippen LogP contribution >= 0.6 is 0 Å². The molecule has 1 aliphatic rings. The topological polar surface area (TPSA) is 97.2 Å². The molecule has 0 aliphatic carbocycles. The van der Waals surface area contributed by atoms with Gasteiger partial charge in [-0.1, -0.05) is 26.0 Å². The number of imide groups is 1. The zero-order chi connectivity index (χ0) is 23.7. The molecule has 4 rings (SSSR count). The number of imidazole rings is 1. The van der Waals surface area contributed by atoms with Crippen LogP contribution < -0.4 is 5.32 Å². The lowest BCUT2D eigenvalue weighted by Gasteiger charge is -2.25. The zero-order valence-electron chi connectivity index (χ0n) is 19.4. The molecule has 33 heavy (non-hydrogen) atoms. The second-order valence-corrected chi connectivity index (χ2v) is 9.00. The Morgan fingerprint density at radius 3 is 2.45 bits per heavy atom. The van der Waals surface area contributed by atoms with E-state index in [-0.39, 0.29) is 48.7 Å². The molecule has 1 N–H and O–H groups in total. The molecule has 1 atom stereocenters. The first-order chi connectivity index (χ1) is 15.8. The van der Waals surface area contributed by atoms with Gasteiger partial charge < -0.3 is 9.88 Å². The highest BCUT2D eigenvalue weighted by atomic mass is 16.2. The fourth-order valence-corrected chi connectivity index (χ4v) is 4.34. The van der Waals surface area contributed by atoms with Crippen molar-refractivity contribution < 1.29 is 14.4 Å². The Labute approximate surface area is 193 Å².